The van der Waals surface area contributed by atoms with Crippen molar-refractivity contribution in [2.24, 2.45) is 5.92 Å². The summed E-state index contributed by atoms with van der Waals surface area (Å²) in [5.41, 5.74) is -0.704. The van der Waals surface area contributed by atoms with Crippen LogP contribution < -0.4 is 0 Å². The summed E-state index contributed by atoms with van der Waals surface area (Å²) in [5.74, 6) is 0.690. The molecule has 5 heteroatoms. The number of nitrogens with zero attached hydrogens (tertiary/aromatic N) is 2. The van der Waals surface area contributed by atoms with E-state index in [4.69, 9.17) is 0 Å². The molecule has 0 aliphatic carbocycles. The second kappa shape index (κ2) is 5.34. The van der Waals surface area contributed by atoms with Gasteiger partial charge in [-0.3, -0.25) is 0 Å². The predicted molar refractivity (Wildman–Crippen MR) is 74.2 cm³/mol. The monoisotopic (exact) mass is 318 g/mol. The van der Waals surface area contributed by atoms with Gasteiger partial charge in [-0.15, -0.1) is 11.3 Å². The van der Waals surface area contributed by atoms with Crippen LogP contribution in [0.1, 0.15) is 31.7 Å². The van der Waals surface area contributed by atoms with Gasteiger partial charge in [0.1, 0.15) is 15.2 Å². The summed E-state index contributed by atoms with van der Waals surface area (Å²) in [6, 6.07) is 0. The number of aromatic nitrogens is 1. The summed E-state index contributed by atoms with van der Waals surface area (Å²) in [6.07, 6.45) is 1.58. The van der Waals surface area contributed by atoms with Crippen molar-refractivity contribution in [2.75, 3.05) is 19.6 Å². The summed E-state index contributed by atoms with van der Waals surface area (Å²) in [6.45, 7) is 7.52. The molecule has 2 rings (SSSR count). The number of thiazole rings is 1. The fourth-order valence-electron chi connectivity index (χ4n) is 2.30. The van der Waals surface area contributed by atoms with Gasteiger partial charge in [0.15, 0.2) is 0 Å². The maximum Gasteiger partial charge on any atom is 0.126 e. The molecule has 17 heavy (non-hydrogen) atoms. The molecule has 0 saturated carbocycles. The van der Waals surface area contributed by atoms with Crippen molar-refractivity contribution >= 4 is 27.3 Å². The van der Waals surface area contributed by atoms with E-state index in [0.717, 1.165) is 42.1 Å². The van der Waals surface area contributed by atoms with Crippen LogP contribution in [0.2, 0.25) is 0 Å². The van der Waals surface area contributed by atoms with Gasteiger partial charge in [-0.1, -0.05) is 13.8 Å². The Kier molecular flexibility index (Phi) is 4.23. The van der Waals surface area contributed by atoms with Crippen molar-refractivity contribution in [1.29, 1.82) is 0 Å². The van der Waals surface area contributed by atoms with Crippen molar-refractivity contribution < 1.29 is 5.11 Å². The number of rotatable bonds is 3. The van der Waals surface area contributed by atoms with Crippen LogP contribution >= 0.6 is 27.3 Å². The van der Waals surface area contributed by atoms with Crippen LogP contribution in [0.5, 0.6) is 0 Å². The molecular weight excluding hydrogens is 300 g/mol. The highest BCUT2D eigenvalue weighted by atomic mass is 79.9. The topological polar surface area (TPSA) is 36.4 Å². The Balaban J connectivity index is 1.97. The second-order valence-corrected chi connectivity index (χ2v) is 6.87. The maximum atomic E-state index is 10.6. The lowest BCUT2D eigenvalue weighted by atomic mass is 9.91. The summed E-state index contributed by atoms with van der Waals surface area (Å²) >= 11 is 4.89. The molecule has 1 fully saturated rings. The third-order valence-corrected chi connectivity index (χ3v) is 4.93. The number of piperidine rings is 1. The van der Waals surface area contributed by atoms with E-state index in [1.165, 1.54) is 0 Å². The molecule has 3 nitrogen and oxygen atoms in total. The number of likely N-dealkylation sites (tertiary alicyclic amines) is 1. The van der Waals surface area contributed by atoms with Gasteiger partial charge in [0.25, 0.3) is 0 Å². The first-order chi connectivity index (χ1) is 7.99. The molecule has 0 amide bonds. The van der Waals surface area contributed by atoms with Gasteiger partial charge in [-0.2, -0.15) is 0 Å². The minimum Gasteiger partial charge on any atom is -0.383 e. The molecule has 1 aromatic rings. The zero-order chi connectivity index (χ0) is 12.5. The molecule has 0 atom stereocenters. The highest BCUT2D eigenvalue weighted by molar-refractivity contribution is 9.10. The first-order valence-corrected chi connectivity index (χ1v) is 7.73. The van der Waals surface area contributed by atoms with E-state index in [1.54, 1.807) is 11.3 Å². The number of hydrogen-bond donors (Lipinski definition) is 1. The fourth-order valence-corrected chi connectivity index (χ4v) is 3.71. The van der Waals surface area contributed by atoms with Crippen LogP contribution in [-0.2, 0) is 5.60 Å². The van der Waals surface area contributed by atoms with Crippen LogP contribution in [0, 0.1) is 5.92 Å². The normalized spacial score (nSPS) is 21.0. The van der Waals surface area contributed by atoms with E-state index in [9.17, 15) is 5.11 Å². The Morgan fingerprint density at radius 2 is 2.18 bits per heavy atom. The molecule has 2 heterocycles. The van der Waals surface area contributed by atoms with Gasteiger partial charge in [0.2, 0.25) is 0 Å². The minimum absolute atomic E-state index is 0.690. The summed E-state index contributed by atoms with van der Waals surface area (Å²) in [4.78, 5) is 6.79. The van der Waals surface area contributed by atoms with Gasteiger partial charge in [0.05, 0.1) is 0 Å². The molecule has 1 N–H and O–H groups in total. The van der Waals surface area contributed by atoms with Crippen molar-refractivity contribution in [3.63, 3.8) is 0 Å². The standard InChI is InChI=1S/C12H19BrN2OS/c1-9(2)7-15-5-3-12(16,4-6-15)11-14-10(13)8-17-11/h8-9,16H,3-7H2,1-2H3. The zero-order valence-corrected chi connectivity index (χ0v) is 12.7. The SMILES string of the molecule is CC(C)CN1CCC(O)(c2nc(Br)cs2)CC1. The fraction of sp³-hybridized carbons (Fsp3) is 0.750. The van der Waals surface area contributed by atoms with E-state index >= 15 is 0 Å². The van der Waals surface area contributed by atoms with Crippen LogP contribution in [0.25, 0.3) is 0 Å². The number of halogens is 1. The van der Waals surface area contributed by atoms with Crippen LogP contribution in [-0.4, -0.2) is 34.6 Å². The Morgan fingerprint density at radius 3 is 2.65 bits per heavy atom. The van der Waals surface area contributed by atoms with Crippen LogP contribution in [0.3, 0.4) is 0 Å². The molecule has 1 aliphatic rings. The molecule has 0 bridgehead atoms. The van der Waals surface area contributed by atoms with Gasteiger partial charge in [-0.05, 0) is 34.7 Å². The van der Waals surface area contributed by atoms with Gasteiger partial charge >= 0.3 is 0 Å². The van der Waals surface area contributed by atoms with E-state index < -0.39 is 5.60 Å². The second-order valence-electron chi connectivity index (χ2n) is 5.20. The van der Waals surface area contributed by atoms with Gasteiger partial charge in [0, 0.05) is 25.0 Å². The molecular formula is C12H19BrN2OS. The number of aliphatic hydroxyl groups is 1. The van der Waals surface area contributed by atoms with E-state index in [0.29, 0.717) is 5.92 Å². The lowest BCUT2D eigenvalue weighted by molar-refractivity contribution is -0.0281. The average molecular weight is 319 g/mol. The molecule has 0 radical (unpaired) electrons. The zero-order valence-electron chi connectivity index (χ0n) is 10.3. The third kappa shape index (κ3) is 3.28. The third-order valence-electron chi connectivity index (χ3n) is 3.18. The highest BCUT2D eigenvalue weighted by Gasteiger charge is 2.36. The Bertz CT molecular complexity index is 372. The summed E-state index contributed by atoms with van der Waals surface area (Å²) < 4.78 is 0.829. The van der Waals surface area contributed by atoms with Gasteiger partial charge in [-0.25, -0.2) is 4.98 Å². The van der Waals surface area contributed by atoms with E-state index in [2.05, 4.69) is 39.7 Å². The molecule has 1 saturated heterocycles. The molecule has 0 aromatic carbocycles. The molecule has 1 aromatic heterocycles. The van der Waals surface area contributed by atoms with Crippen LogP contribution in [0.15, 0.2) is 9.98 Å². The Hall–Kier alpha value is 0.0300. The molecule has 0 unspecified atom stereocenters. The lowest BCUT2D eigenvalue weighted by Gasteiger charge is -2.37. The Labute approximate surface area is 115 Å². The first-order valence-electron chi connectivity index (χ1n) is 6.06. The predicted octanol–water partition coefficient (Wildman–Crippen LogP) is 2.85. The molecule has 1 aliphatic heterocycles. The minimum atomic E-state index is -0.704. The highest BCUT2D eigenvalue weighted by Crippen LogP contribution is 2.35. The van der Waals surface area contributed by atoms with Gasteiger partial charge < -0.3 is 10.0 Å². The first kappa shape index (κ1) is 13.5. The van der Waals surface area contributed by atoms with Crippen LogP contribution in [0.4, 0.5) is 0 Å². The largest absolute Gasteiger partial charge is 0.383 e. The quantitative estimate of drug-likeness (QED) is 0.931. The van der Waals surface area contributed by atoms with E-state index in [-0.39, 0.29) is 0 Å². The molecule has 0 spiro atoms. The smallest absolute Gasteiger partial charge is 0.126 e. The van der Waals surface area contributed by atoms with E-state index in [1.807, 2.05) is 5.38 Å². The maximum absolute atomic E-state index is 10.6. The summed E-state index contributed by atoms with van der Waals surface area (Å²) in [5, 5.41) is 13.4. The number of hydrogen-bond acceptors (Lipinski definition) is 4. The average Bonchev–Trinajstić information content (AvgIpc) is 2.69. The van der Waals surface area contributed by atoms with Crippen molar-refractivity contribution in [2.45, 2.75) is 32.3 Å². The van der Waals surface area contributed by atoms with Crippen molar-refractivity contribution in [3.8, 4) is 0 Å². The lowest BCUT2D eigenvalue weighted by Crippen LogP contribution is -2.43. The van der Waals surface area contributed by atoms with Crippen molar-refractivity contribution in [1.82, 2.24) is 9.88 Å². The van der Waals surface area contributed by atoms with Crippen molar-refractivity contribution in [3.05, 3.63) is 15.0 Å². The molecule has 96 valence electrons. The Morgan fingerprint density at radius 1 is 1.53 bits per heavy atom. The summed E-state index contributed by atoms with van der Waals surface area (Å²) in [7, 11) is 0.